The molecule has 5 heteroatoms. The molecule has 1 amide bonds. The molecule has 5 nitrogen and oxygen atoms in total. The molecule has 0 N–H and O–H groups in total. The van der Waals surface area contributed by atoms with Crippen molar-refractivity contribution in [2.24, 2.45) is 4.99 Å². The summed E-state index contributed by atoms with van der Waals surface area (Å²) in [5.41, 5.74) is -0.382. The van der Waals surface area contributed by atoms with Crippen LogP contribution in [0.1, 0.15) is 19.4 Å². The molecule has 0 aliphatic carbocycles. The molecule has 2 rings (SSSR count). The highest BCUT2D eigenvalue weighted by molar-refractivity contribution is 5.95. The van der Waals surface area contributed by atoms with Crippen molar-refractivity contribution in [2.75, 3.05) is 13.7 Å². The first-order valence-electron chi connectivity index (χ1n) is 5.68. The summed E-state index contributed by atoms with van der Waals surface area (Å²) in [5.74, 6) is 0.882. The highest BCUT2D eigenvalue weighted by atomic mass is 16.5. The molecule has 1 aliphatic heterocycles. The van der Waals surface area contributed by atoms with E-state index in [4.69, 9.17) is 14.2 Å². The van der Waals surface area contributed by atoms with E-state index in [1.54, 1.807) is 32.2 Å². The maximum atomic E-state index is 11.7. The zero-order valence-corrected chi connectivity index (χ0v) is 10.6. The molecule has 1 aromatic carbocycles. The van der Waals surface area contributed by atoms with Gasteiger partial charge in [0.05, 0.1) is 13.7 Å². The third kappa shape index (κ3) is 1.92. The normalized spacial score (nSPS) is 21.8. The van der Waals surface area contributed by atoms with E-state index in [1.165, 1.54) is 6.40 Å². The number of carbonyl (C=O) groups excluding carboxylic acids is 1. The number of aliphatic imine (C=N–C) groups is 1. The highest BCUT2D eigenvalue weighted by Gasteiger charge is 2.40. The predicted molar refractivity (Wildman–Crippen MR) is 66.1 cm³/mol. The van der Waals surface area contributed by atoms with Crippen molar-refractivity contribution in [3.8, 4) is 11.5 Å². The van der Waals surface area contributed by atoms with Crippen LogP contribution in [0.25, 0.3) is 0 Å². The highest BCUT2D eigenvalue weighted by Crippen LogP contribution is 2.36. The Morgan fingerprint density at radius 2 is 2.17 bits per heavy atom. The van der Waals surface area contributed by atoms with Gasteiger partial charge in [-0.25, -0.2) is 0 Å². The van der Waals surface area contributed by atoms with E-state index in [0.29, 0.717) is 23.7 Å². The van der Waals surface area contributed by atoms with Gasteiger partial charge < -0.3 is 14.2 Å². The van der Waals surface area contributed by atoms with Crippen LogP contribution < -0.4 is 9.47 Å². The van der Waals surface area contributed by atoms with Gasteiger partial charge >= 0.3 is 0 Å². The van der Waals surface area contributed by atoms with Gasteiger partial charge in [0, 0.05) is 5.56 Å². The minimum absolute atomic E-state index is 0.324. The zero-order valence-electron chi connectivity index (χ0n) is 10.6. The lowest BCUT2D eigenvalue weighted by atomic mass is 9.95. The van der Waals surface area contributed by atoms with Crippen LogP contribution in [0, 0.1) is 0 Å². The number of hydrogen-bond donors (Lipinski definition) is 0. The van der Waals surface area contributed by atoms with E-state index >= 15 is 0 Å². The molecule has 0 radical (unpaired) electrons. The zero-order chi connectivity index (χ0) is 13.2. The Bertz CT molecular complexity index is 498. The summed E-state index contributed by atoms with van der Waals surface area (Å²) in [6.45, 7) is 4.08. The maximum Gasteiger partial charge on any atom is 0.297 e. The van der Waals surface area contributed by atoms with Crippen molar-refractivity contribution in [1.82, 2.24) is 0 Å². The van der Waals surface area contributed by atoms with Crippen LogP contribution in [-0.2, 0) is 15.1 Å². The summed E-state index contributed by atoms with van der Waals surface area (Å²) in [7, 11) is 1.57. The van der Waals surface area contributed by atoms with Crippen LogP contribution >= 0.6 is 0 Å². The first-order chi connectivity index (χ1) is 8.61. The topological polar surface area (TPSA) is 57.1 Å². The van der Waals surface area contributed by atoms with Crippen molar-refractivity contribution < 1.29 is 19.0 Å². The van der Waals surface area contributed by atoms with Gasteiger partial charge in [0.25, 0.3) is 5.91 Å². The summed E-state index contributed by atoms with van der Waals surface area (Å²) in [6, 6.07) is 5.27. The number of ether oxygens (including phenoxy) is 3. The van der Waals surface area contributed by atoms with E-state index < -0.39 is 5.60 Å². The third-order valence-corrected chi connectivity index (χ3v) is 2.88. The predicted octanol–water partition coefficient (Wildman–Crippen LogP) is 1.89. The fourth-order valence-electron chi connectivity index (χ4n) is 1.79. The van der Waals surface area contributed by atoms with Crippen LogP contribution in [0.5, 0.6) is 11.5 Å². The monoisotopic (exact) mass is 249 g/mol. The van der Waals surface area contributed by atoms with Crippen LogP contribution in [0.4, 0.5) is 0 Å². The Hall–Kier alpha value is -2.04. The largest absolute Gasteiger partial charge is 0.493 e. The molecule has 1 unspecified atom stereocenters. The number of rotatable bonds is 4. The van der Waals surface area contributed by atoms with Crippen molar-refractivity contribution >= 4 is 12.3 Å². The van der Waals surface area contributed by atoms with E-state index in [1.807, 2.05) is 6.92 Å². The molecule has 0 saturated heterocycles. The quantitative estimate of drug-likeness (QED) is 0.817. The molecule has 0 aromatic heterocycles. The Labute approximate surface area is 105 Å². The van der Waals surface area contributed by atoms with Crippen LogP contribution in [0.2, 0.25) is 0 Å². The van der Waals surface area contributed by atoms with Crippen molar-refractivity contribution in [3.63, 3.8) is 0 Å². The molecule has 96 valence electrons. The summed E-state index contributed by atoms with van der Waals surface area (Å²) in [4.78, 5) is 15.4. The summed E-state index contributed by atoms with van der Waals surface area (Å²) < 4.78 is 16.0. The lowest BCUT2D eigenvalue weighted by Crippen LogP contribution is -2.29. The standard InChI is InChI=1S/C13H15NO4/c1-4-17-11-7-9(5-6-10(11)16-3)13(2)12(15)14-8-18-13/h5-8H,4H2,1-3H3. The van der Waals surface area contributed by atoms with Gasteiger partial charge in [0.15, 0.2) is 17.9 Å². The molecule has 0 bridgehead atoms. The molecule has 1 atom stereocenters. The first kappa shape index (κ1) is 12.4. The second-order valence-corrected chi connectivity index (χ2v) is 3.99. The van der Waals surface area contributed by atoms with Crippen molar-refractivity contribution in [2.45, 2.75) is 19.4 Å². The molecule has 1 heterocycles. The first-order valence-corrected chi connectivity index (χ1v) is 5.68. The van der Waals surface area contributed by atoms with Gasteiger partial charge in [-0.15, -0.1) is 0 Å². The fraction of sp³-hybridized carbons (Fsp3) is 0.385. The second kappa shape index (κ2) is 4.68. The van der Waals surface area contributed by atoms with Gasteiger partial charge in [0.2, 0.25) is 5.60 Å². The fourth-order valence-corrected chi connectivity index (χ4v) is 1.79. The summed E-state index contributed by atoms with van der Waals surface area (Å²) >= 11 is 0. The minimum atomic E-state index is -1.07. The number of hydrogen-bond acceptors (Lipinski definition) is 4. The molecular formula is C13H15NO4. The van der Waals surface area contributed by atoms with Crippen molar-refractivity contribution in [1.29, 1.82) is 0 Å². The van der Waals surface area contributed by atoms with Gasteiger partial charge in [-0.05, 0) is 26.0 Å². The lowest BCUT2D eigenvalue weighted by molar-refractivity contribution is -0.129. The molecule has 1 aromatic rings. The average molecular weight is 249 g/mol. The third-order valence-electron chi connectivity index (χ3n) is 2.88. The number of carbonyl (C=O) groups is 1. The molecule has 1 aliphatic rings. The SMILES string of the molecule is CCOc1cc(C2(C)OC=NC2=O)ccc1OC. The van der Waals surface area contributed by atoms with Gasteiger partial charge in [-0.2, -0.15) is 4.99 Å². The molecular weight excluding hydrogens is 234 g/mol. The molecule has 0 fully saturated rings. The number of amides is 1. The molecule has 18 heavy (non-hydrogen) atoms. The van der Waals surface area contributed by atoms with Crippen LogP contribution in [-0.4, -0.2) is 26.0 Å². The maximum absolute atomic E-state index is 11.7. The van der Waals surface area contributed by atoms with Crippen molar-refractivity contribution in [3.05, 3.63) is 23.8 Å². The molecule has 0 saturated carbocycles. The molecule has 0 spiro atoms. The van der Waals surface area contributed by atoms with E-state index in [9.17, 15) is 4.79 Å². The summed E-state index contributed by atoms with van der Waals surface area (Å²) in [6.07, 6.45) is 1.17. The number of benzene rings is 1. The smallest absolute Gasteiger partial charge is 0.297 e. The van der Waals surface area contributed by atoms with Crippen LogP contribution in [0.3, 0.4) is 0 Å². The number of nitrogens with zero attached hydrogens (tertiary/aromatic N) is 1. The van der Waals surface area contributed by atoms with Gasteiger partial charge in [-0.3, -0.25) is 4.79 Å². The minimum Gasteiger partial charge on any atom is -0.493 e. The van der Waals surface area contributed by atoms with E-state index in [0.717, 1.165) is 0 Å². The average Bonchev–Trinajstić information content (AvgIpc) is 2.71. The Kier molecular flexibility index (Phi) is 3.23. The Morgan fingerprint density at radius 1 is 1.39 bits per heavy atom. The van der Waals surface area contributed by atoms with Gasteiger partial charge in [0.1, 0.15) is 0 Å². The Morgan fingerprint density at radius 3 is 2.72 bits per heavy atom. The second-order valence-electron chi connectivity index (χ2n) is 3.99. The van der Waals surface area contributed by atoms with E-state index in [2.05, 4.69) is 4.99 Å². The Balaban J connectivity index is 2.40. The number of methoxy groups -OCH3 is 1. The van der Waals surface area contributed by atoms with E-state index in [-0.39, 0.29) is 5.91 Å². The van der Waals surface area contributed by atoms with Gasteiger partial charge in [-0.1, -0.05) is 6.07 Å². The summed E-state index contributed by atoms with van der Waals surface area (Å²) in [5, 5.41) is 0. The lowest BCUT2D eigenvalue weighted by Gasteiger charge is -2.22. The van der Waals surface area contributed by atoms with Crippen LogP contribution in [0.15, 0.2) is 23.2 Å².